The molecule has 0 aliphatic heterocycles. The minimum absolute atomic E-state index is 0.00478. The lowest BCUT2D eigenvalue weighted by Gasteiger charge is -2.32. The average molecular weight is 406 g/mol. The Morgan fingerprint density at radius 3 is 2.21 bits per heavy atom. The molecule has 10 N–H and O–H groups in total. The molecule has 0 aliphatic rings. The van der Waals surface area contributed by atoms with E-state index in [1.54, 1.807) is 0 Å². The molecule has 0 spiro atoms. The number of hydrogen-bond acceptors (Lipinski definition) is 9. The number of hydrogen-bond donors (Lipinski definition) is 8. The van der Waals surface area contributed by atoms with E-state index in [2.05, 4.69) is 16.0 Å². The van der Waals surface area contributed by atoms with Crippen LogP contribution in [0.5, 0.6) is 0 Å². The molecule has 0 rings (SSSR count). The predicted molar refractivity (Wildman–Crippen MR) is 106 cm³/mol. The Morgan fingerprint density at radius 1 is 1.07 bits per heavy atom. The molecule has 0 fully saturated rings. The molecule has 166 valence electrons. The van der Waals surface area contributed by atoms with Crippen LogP contribution in [0.3, 0.4) is 0 Å². The highest BCUT2D eigenvalue weighted by atomic mass is 16.5. The maximum absolute atomic E-state index is 12.3. The molecular weight excluding hydrogens is 366 g/mol. The van der Waals surface area contributed by atoms with Gasteiger partial charge in [-0.1, -0.05) is 20.3 Å². The third-order valence-electron chi connectivity index (χ3n) is 4.71. The maximum atomic E-state index is 12.3. The number of nitrogens with two attached hydrogens (primary N) is 2. The topological polar surface area (TPSA) is 183 Å². The summed E-state index contributed by atoms with van der Waals surface area (Å²) < 4.78 is 0. The number of rotatable bonds is 16. The lowest BCUT2D eigenvalue weighted by Crippen LogP contribution is -2.56. The molecule has 0 heterocycles. The molecule has 4 atom stereocenters. The van der Waals surface area contributed by atoms with Gasteiger partial charge in [0.25, 0.3) is 0 Å². The van der Waals surface area contributed by atoms with Crippen molar-refractivity contribution in [2.75, 3.05) is 6.54 Å². The Balaban J connectivity index is 4.68. The van der Waals surface area contributed by atoms with Gasteiger partial charge in [0.15, 0.2) is 6.29 Å². The van der Waals surface area contributed by atoms with Crippen molar-refractivity contribution < 1.29 is 24.9 Å². The second kappa shape index (κ2) is 14.8. The molecule has 0 radical (unpaired) electrons. The minimum Gasteiger partial charge on any atom is -0.376 e. The van der Waals surface area contributed by atoms with Gasteiger partial charge in [-0.05, 0) is 45.1 Å². The summed E-state index contributed by atoms with van der Waals surface area (Å²) in [5.74, 6) is -0.438. The van der Waals surface area contributed by atoms with Crippen molar-refractivity contribution in [1.82, 2.24) is 16.0 Å². The first kappa shape index (κ1) is 26.9. The van der Waals surface area contributed by atoms with Crippen LogP contribution in [0.1, 0.15) is 59.3 Å². The molecule has 0 saturated carbocycles. The van der Waals surface area contributed by atoms with Crippen LogP contribution in [-0.4, -0.2) is 64.4 Å². The summed E-state index contributed by atoms with van der Waals surface area (Å²) in [7, 11) is 0. The minimum atomic E-state index is -1.52. The van der Waals surface area contributed by atoms with Gasteiger partial charge in [-0.15, -0.1) is 0 Å². The number of Topliss-reactive ketones (excluding diaryl/α,β-unsaturated/α-hetero) is 1. The number of unbranched alkanes of at least 4 members (excludes halogenated alkanes) is 1. The van der Waals surface area contributed by atoms with Gasteiger partial charge in [0, 0.05) is 6.42 Å². The Kier molecular flexibility index (Phi) is 14.2. The number of aliphatic hydroxyl groups excluding tert-OH is 2. The molecule has 4 unspecified atom stereocenters. The van der Waals surface area contributed by atoms with Crippen LogP contribution in [0, 0.1) is 5.92 Å². The monoisotopic (exact) mass is 405 g/mol. The van der Waals surface area contributed by atoms with Crippen LogP contribution in [-0.2, 0) is 9.59 Å². The highest BCUT2D eigenvalue weighted by molar-refractivity contribution is 5.81. The van der Waals surface area contributed by atoms with E-state index in [1.165, 1.54) is 6.92 Å². The smallest absolute Gasteiger partial charge is 0.220 e. The van der Waals surface area contributed by atoms with Crippen molar-refractivity contribution in [3.8, 4) is 0 Å². The van der Waals surface area contributed by atoms with Crippen LogP contribution in [0.25, 0.3) is 0 Å². The average Bonchev–Trinajstić information content (AvgIpc) is 2.61. The molecule has 0 saturated heterocycles. The van der Waals surface area contributed by atoms with Crippen LogP contribution < -0.4 is 27.4 Å². The molecule has 0 aromatic carbocycles. The van der Waals surface area contributed by atoms with Crippen LogP contribution in [0.4, 0.5) is 0 Å². The van der Waals surface area contributed by atoms with Crippen LogP contribution >= 0.6 is 0 Å². The number of carbonyl (C=O) groups excluding carboxylic acids is 2. The predicted octanol–water partition coefficient (Wildman–Crippen LogP) is -1.57. The third-order valence-corrected chi connectivity index (χ3v) is 4.71. The summed E-state index contributed by atoms with van der Waals surface area (Å²) in [4.78, 5) is 24.0. The largest absolute Gasteiger partial charge is 0.376 e. The second-order valence-electron chi connectivity index (χ2n) is 7.25. The zero-order chi connectivity index (χ0) is 21.7. The summed E-state index contributed by atoms with van der Waals surface area (Å²) in [6.07, 6.45) is -0.654. The Bertz CT molecular complexity index is 450. The zero-order valence-corrected chi connectivity index (χ0v) is 17.2. The van der Waals surface area contributed by atoms with Gasteiger partial charge in [-0.2, -0.15) is 0 Å². The Labute approximate surface area is 167 Å². The SMILES string of the molecule is CCC(C)C(NC(=O)CCCCNC(N)N)C(O)NC(CCC(O)O)C(C)=O. The molecule has 0 aliphatic carbocycles. The number of ketones is 1. The van der Waals surface area contributed by atoms with E-state index in [4.69, 9.17) is 21.7 Å². The quantitative estimate of drug-likeness (QED) is 0.111. The van der Waals surface area contributed by atoms with Crippen molar-refractivity contribution >= 4 is 11.7 Å². The number of nitrogens with one attached hydrogen (secondary N) is 3. The Hall–Kier alpha value is -1.14. The van der Waals surface area contributed by atoms with E-state index in [0.717, 1.165) is 12.8 Å². The molecule has 1 amide bonds. The summed E-state index contributed by atoms with van der Waals surface area (Å²) in [6, 6.07) is -1.30. The van der Waals surface area contributed by atoms with Crippen molar-refractivity contribution in [3.05, 3.63) is 0 Å². The maximum Gasteiger partial charge on any atom is 0.220 e. The fourth-order valence-corrected chi connectivity index (χ4v) is 2.75. The van der Waals surface area contributed by atoms with E-state index in [1.807, 2.05) is 13.8 Å². The van der Waals surface area contributed by atoms with Gasteiger partial charge in [-0.25, -0.2) is 0 Å². The lowest BCUT2D eigenvalue weighted by molar-refractivity contribution is -0.124. The van der Waals surface area contributed by atoms with Crippen molar-refractivity contribution in [3.63, 3.8) is 0 Å². The normalized spacial score (nSPS) is 16.1. The molecule has 0 aromatic rings. The van der Waals surface area contributed by atoms with Crippen molar-refractivity contribution in [2.45, 2.75) is 90.2 Å². The number of aliphatic hydroxyl groups is 3. The fourth-order valence-electron chi connectivity index (χ4n) is 2.75. The van der Waals surface area contributed by atoms with E-state index in [0.29, 0.717) is 19.4 Å². The highest BCUT2D eigenvalue weighted by Gasteiger charge is 2.29. The fraction of sp³-hybridized carbons (Fsp3) is 0.889. The van der Waals surface area contributed by atoms with Gasteiger partial charge in [0.05, 0.1) is 12.1 Å². The van der Waals surface area contributed by atoms with Crippen molar-refractivity contribution in [2.24, 2.45) is 17.4 Å². The van der Waals surface area contributed by atoms with Gasteiger partial charge in [0.1, 0.15) is 18.3 Å². The van der Waals surface area contributed by atoms with Gasteiger partial charge in [-0.3, -0.25) is 20.2 Å². The first-order valence-corrected chi connectivity index (χ1v) is 9.93. The first-order valence-electron chi connectivity index (χ1n) is 9.93. The van der Waals surface area contributed by atoms with Gasteiger partial charge in [0.2, 0.25) is 5.91 Å². The highest BCUT2D eigenvalue weighted by Crippen LogP contribution is 2.13. The van der Waals surface area contributed by atoms with E-state index < -0.39 is 30.9 Å². The van der Waals surface area contributed by atoms with E-state index in [-0.39, 0.29) is 30.4 Å². The summed E-state index contributed by atoms with van der Waals surface area (Å²) in [5.41, 5.74) is 10.8. The molecule has 10 heteroatoms. The molecular formula is C18H39N5O5. The third kappa shape index (κ3) is 12.3. The lowest BCUT2D eigenvalue weighted by atomic mass is 9.96. The van der Waals surface area contributed by atoms with Crippen molar-refractivity contribution in [1.29, 1.82) is 0 Å². The molecule has 10 nitrogen and oxygen atoms in total. The van der Waals surface area contributed by atoms with Gasteiger partial charge >= 0.3 is 0 Å². The Morgan fingerprint density at radius 2 is 1.71 bits per heavy atom. The number of carbonyl (C=O) groups is 2. The zero-order valence-electron chi connectivity index (χ0n) is 17.2. The first-order chi connectivity index (χ1) is 13.1. The van der Waals surface area contributed by atoms with E-state index in [9.17, 15) is 14.7 Å². The van der Waals surface area contributed by atoms with Crippen LogP contribution in [0.2, 0.25) is 0 Å². The standard InChI is InChI=1S/C18H39N5O5/c1-4-11(2)16(23-14(25)7-5-6-10-21-18(19)20)17(28)22-13(12(3)24)8-9-15(26)27/h11,13,15-18,21-22,26-28H,4-10,19-20H2,1-3H3,(H,23,25). The molecule has 28 heavy (non-hydrogen) atoms. The van der Waals surface area contributed by atoms with E-state index >= 15 is 0 Å². The molecule has 0 bridgehead atoms. The number of amides is 1. The summed E-state index contributed by atoms with van der Waals surface area (Å²) in [5, 5.41) is 37.1. The van der Waals surface area contributed by atoms with Crippen LogP contribution in [0.15, 0.2) is 0 Å². The second-order valence-corrected chi connectivity index (χ2v) is 7.25. The summed E-state index contributed by atoms with van der Waals surface area (Å²) >= 11 is 0. The summed E-state index contributed by atoms with van der Waals surface area (Å²) in [6.45, 7) is 5.83. The molecule has 0 aromatic heterocycles. The van der Waals surface area contributed by atoms with Gasteiger partial charge < -0.3 is 32.1 Å².